The van der Waals surface area contributed by atoms with E-state index in [1.54, 1.807) is 6.07 Å². The van der Waals surface area contributed by atoms with E-state index in [0.717, 1.165) is 24.0 Å². The highest BCUT2D eigenvalue weighted by Crippen LogP contribution is 2.26. The molecule has 0 atom stereocenters. The van der Waals surface area contributed by atoms with E-state index in [1.807, 2.05) is 31.2 Å². The fourth-order valence-corrected chi connectivity index (χ4v) is 2.90. The zero-order chi connectivity index (χ0) is 13.4. The number of rotatable bonds is 2. The van der Waals surface area contributed by atoms with Crippen molar-refractivity contribution in [3.05, 3.63) is 69.2 Å². The molecule has 0 radical (unpaired) electrons. The summed E-state index contributed by atoms with van der Waals surface area (Å²) >= 11 is 6.23. The van der Waals surface area contributed by atoms with Crippen molar-refractivity contribution in [3.8, 4) is 0 Å². The van der Waals surface area contributed by atoms with Crippen LogP contribution in [0.15, 0.2) is 36.4 Å². The highest BCUT2D eigenvalue weighted by atomic mass is 35.5. The summed E-state index contributed by atoms with van der Waals surface area (Å²) in [5.41, 5.74) is 4.97. The molecule has 0 saturated heterocycles. The number of aryl methyl sites for hydroxylation is 3. The largest absolute Gasteiger partial charge is 0.289 e. The van der Waals surface area contributed by atoms with Gasteiger partial charge in [-0.2, -0.15) is 0 Å². The number of carbonyl (C=O) groups excluding carboxylic acids is 1. The van der Waals surface area contributed by atoms with Crippen LogP contribution in [0.2, 0.25) is 5.02 Å². The lowest BCUT2D eigenvalue weighted by molar-refractivity contribution is 0.103. The van der Waals surface area contributed by atoms with Gasteiger partial charge in [-0.1, -0.05) is 35.9 Å². The highest BCUT2D eigenvalue weighted by molar-refractivity contribution is 6.35. The number of benzene rings is 2. The summed E-state index contributed by atoms with van der Waals surface area (Å²) in [5.74, 6) is 0.0170. The van der Waals surface area contributed by atoms with Crippen molar-refractivity contribution < 1.29 is 4.79 Å². The Kier molecular flexibility index (Phi) is 3.16. The molecule has 0 aliphatic heterocycles. The Hall–Kier alpha value is -1.60. The van der Waals surface area contributed by atoms with Gasteiger partial charge in [0.2, 0.25) is 0 Å². The fraction of sp³-hybridized carbons (Fsp3) is 0.235. The molecular formula is C17H15ClO. The van der Waals surface area contributed by atoms with Crippen LogP contribution in [0.3, 0.4) is 0 Å². The first-order valence-corrected chi connectivity index (χ1v) is 6.96. The topological polar surface area (TPSA) is 17.1 Å². The lowest BCUT2D eigenvalue weighted by Crippen LogP contribution is -2.03. The van der Waals surface area contributed by atoms with Crippen molar-refractivity contribution in [1.29, 1.82) is 0 Å². The van der Waals surface area contributed by atoms with Crippen LogP contribution in [-0.4, -0.2) is 5.78 Å². The van der Waals surface area contributed by atoms with Crippen molar-refractivity contribution in [2.45, 2.75) is 26.2 Å². The molecule has 0 amide bonds. The molecule has 0 spiro atoms. The molecule has 19 heavy (non-hydrogen) atoms. The second-order valence-electron chi connectivity index (χ2n) is 5.10. The molecule has 2 aromatic carbocycles. The van der Waals surface area contributed by atoms with Gasteiger partial charge in [-0.05, 0) is 55.0 Å². The summed E-state index contributed by atoms with van der Waals surface area (Å²) < 4.78 is 0. The van der Waals surface area contributed by atoms with Gasteiger partial charge in [-0.15, -0.1) is 0 Å². The van der Waals surface area contributed by atoms with Crippen LogP contribution in [0.25, 0.3) is 0 Å². The quantitative estimate of drug-likeness (QED) is 0.741. The number of carbonyl (C=O) groups is 1. The first-order chi connectivity index (χ1) is 9.16. The molecule has 1 aliphatic rings. The van der Waals surface area contributed by atoms with Crippen LogP contribution in [0.1, 0.15) is 39.0 Å². The fourth-order valence-electron chi connectivity index (χ4n) is 2.69. The van der Waals surface area contributed by atoms with Gasteiger partial charge in [-0.3, -0.25) is 4.79 Å². The Balaban J connectivity index is 2.02. The van der Waals surface area contributed by atoms with Crippen LogP contribution in [0.5, 0.6) is 0 Å². The minimum absolute atomic E-state index is 0.0170. The van der Waals surface area contributed by atoms with Crippen LogP contribution in [-0.2, 0) is 12.8 Å². The van der Waals surface area contributed by atoms with Crippen LogP contribution < -0.4 is 0 Å². The molecule has 1 aliphatic carbocycles. The first kappa shape index (κ1) is 12.4. The molecule has 0 bridgehead atoms. The average Bonchev–Trinajstić information content (AvgIpc) is 2.88. The van der Waals surface area contributed by atoms with Crippen molar-refractivity contribution in [2.75, 3.05) is 0 Å². The van der Waals surface area contributed by atoms with E-state index in [2.05, 4.69) is 6.07 Å². The third-order valence-electron chi connectivity index (χ3n) is 3.80. The van der Waals surface area contributed by atoms with Gasteiger partial charge in [0, 0.05) is 11.1 Å². The van der Waals surface area contributed by atoms with Crippen molar-refractivity contribution >= 4 is 17.4 Å². The summed E-state index contributed by atoms with van der Waals surface area (Å²) in [6.07, 6.45) is 3.41. The third kappa shape index (κ3) is 2.19. The zero-order valence-corrected chi connectivity index (χ0v) is 11.6. The van der Waals surface area contributed by atoms with E-state index < -0.39 is 0 Å². The second-order valence-corrected chi connectivity index (χ2v) is 5.48. The van der Waals surface area contributed by atoms with Crippen LogP contribution in [0, 0.1) is 6.92 Å². The van der Waals surface area contributed by atoms with E-state index in [1.165, 1.54) is 17.5 Å². The smallest absolute Gasteiger partial charge is 0.194 e. The lowest BCUT2D eigenvalue weighted by Gasteiger charge is -2.07. The molecule has 3 rings (SSSR count). The SMILES string of the molecule is Cc1cccc(C(=O)c2ccc3c(c2)CCC3)c1Cl. The summed E-state index contributed by atoms with van der Waals surface area (Å²) in [6.45, 7) is 1.92. The van der Waals surface area contributed by atoms with E-state index in [9.17, 15) is 4.79 Å². The van der Waals surface area contributed by atoms with Gasteiger partial charge in [0.1, 0.15) is 0 Å². The van der Waals surface area contributed by atoms with Gasteiger partial charge < -0.3 is 0 Å². The van der Waals surface area contributed by atoms with Gasteiger partial charge in [0.05, 0.1) is 5.02 Å². The van der Waals surface area contributed by atoms with E-state index >= 15 is 0 Å². The predicted octanol–water partition coefficient (Wildman–Crippen LogP) is 4.37. The average molecular weight is 271 g/mol. The maximum absolute atomic E-state index is 12.5. The van der Waals surface area contributed by atoms with Crippen molar-refractivity contribution in [1.82, 2.24) is 0 Å². The molecule has 0 unspecified atom stereocenters. The molecule has 0 fully saturated rings. The van der Waals surface area contributed by atoms with E-state index in [4.69, 9.17) is 11.6 Å². The van der Waals surface area contributed by atoms with Crippen LogP contribution >= 0.6 is 11.6 Å². The number of halogens is 1. The summed E-state index contributed by atoms with van der Waals surface area (Å²) in [5, 5.41) is 0.563. The first-order valence-electron chi connectivity index (χ1n) is 6.58. The van der Waals surface area contributed by atoms with E-state index in [0.29, 0.717) is 10.6 Å². The molecule has 2 aromatic rings. The molecule has 2 heteroatoms. The Morgan fingerprint density at radius 3 is 2.74 bits per heavy atom. The van der Waals surface area contributed by atoms with Crippen LogP contribution in [0.4, 0.5) is 0 Å². The van der Waals surface area contributed by atoms with Gasteiger partial charge in [0.25, 0.3) is 0 Å². The molecule has 0 saturated carbocycles. The Morgan fingerprint density at radius 2 is 1.89 bits per heavy atom. The van der Waals surface area contributed by atoms with Gasteiger partial charge in [-0.25, -0.2) is 0 Å². The second kappa shape index (κ2) is 4.82. The van der Waals surface area contributed by atoms with E-state index in [-0.39, 0.29) is 5.78 Å². The number of fused-ring (bicyclic) bond motifs is 1. The standard InChI is InChI=1S/C17H15ClO/c1-11-4-2-7-15(16(11)18)17(19)14-9-8-12-5-3-6-13(12)10-14/h2,4,7-10H,3,5-6H2,1H3. The molecule has 96 valence electrons. The van der Waals surface area contributed by atoms with Crippen molar-refractivity contribution in [3.63, 3.8) is 0 Å². The normalized spacial score (nSPS) is 13.4. The highest BCUT2D eigenvalue weighted by Gasteiger charge is 2.17. The Labute approximate surface area is 118 Å². The van der Waals surface area contributed by atoms with Gasteiger partial charge in [0.15, 0.2) is 5.78 Å². The number of hydrogen-bond donors (Lipinski definition) is 0. The third-order valence-corrected chi connectivity index (χ3v) is 4.30. The number of hydrogen-bond acceptors (Lipinski definition) is 1. The lowest BCUT2D eigenvalue weighted by atomic mass is 9.98. The summed E-state index contributed by atoms with van der Waals surface area (Å²) in [6, 6.07) is 11.6. The summed E-state index contributed by atoms with van der Waals surface area (Å²) in [7, 11) is 0. The molecule has 0 heterocycles. The molecular weight excluding hydrogens is 256 g/mol. The summed E-state index contributed by atoms with van der Waals surface area (Å²) in [4.78, 5) is 12.5. The minimum atomic E-state index is 0.0170. The molecule has 0 aromatic heterocycles. The number of ketones is 1. The maximum atomic E-state index is 12.5. The Bertz CT molecular complexity index is 658. The maximum Gasteiger partial charge on any atom is 0.194 e. The molecule has 0 N–H and O–H groups in total. The molecule has 1 nitrogen and oxygen atoms in total. The van der Waals surface area contributed by atoms with Crippen molar-refractivity contribution in [2.24, 2.45) is 0 Å². The monoisotopic (exact) mass is 270 g/mol. The zero-order valence-electron chi connectivity index (χ0n) is 10.9. The minimum Gasteiger partial charge on any atom is -0.289 e. The Morgan fingerprint density at radius 1 is 1.11 bits per heavy atom. The predicted molar refractivity (Wildman–Crippen MR) is 78.1 cm³/mol. The van der Waals surface area contributed by atoms with Gasteiger partial charge >= 0.3 is 0 Å².